The Morgan fingerprint density at radius 2 is 2.12 bits per heavy atom. The van der Waals surface area contributed by atoms with Crippen LogP contribution in [0.25, 0.3) is 0 Å². The molecule has 17 heavy (non-hydrogen) atoms. The van der Waals surface area contributed by atoms with E-state index in [0.717, 1.165) is 26.1 Å². The Morgan fingerprint density at radius 3 is 2.65 bits per heavy atom. The van der Waals surface area contributed by atoms with Crippen molar-refractivity contribution in [3.8, 4) is 0 Å². The molecule has 0 aromatic carbocycles. The molecule has 2 unspecified atom stereocenters. The number of rotatable bonds is 3. The van der Waals surface area contributed by atoms with Crippen molar-refractivity contribution in [3.63, 3.8) is 0 Å². The van der Waals surface area contributed by atoms with Crippen LogP contribution in [0.3, 0.4) is 0 Å². The van der Waals surface area contributed by atoms with Crippen molar-refractivity contribution in [2.75, 3.05) is 19.6 Å². The molecule has 0 amide bonds. The highest BCUT2D eigenvalue weighted by Crippen LogP contribution is 2.17. The van der Waals surface area contributed by atoms with E-state index < -0.39 is 5.60 Å². The molecular formula is C13H25NO3. The number of carbonyl (C=O) groups is 1. The number of hydrogen-bond acceptors (Lipinski definition) is 4. The lowest BCUT2D eigenvalue weighted by Gasteiger charge is -2.34. The number of aliphatic hydroxyl groups excluding tert-OH is 1. The molecule has 1 N–H and O–H groups in total. The number of nitrogens with zero attached hydrogens (tertiary/aromatic N) is 1. The molecule has 0 saturated carbocycles. The summed E-state index contributed by atoms with van der Waals surface area (Å²) in [6.07, 6.45) is 1.04. The van der Waals surface area contributed by atoms with Crippen LogP contribution in [-0.2, 0) is 9.53 Å². The second-order valence-electron chi connectivity index (χ2n) is 5.97. The molecule has 1 aliphatic heterocycles. The summed E-state index contributed by atoms with van der Waals surface area (Å²) in [6, 6.07) is 0. The smallest absolute Gasteiger partial charge is 0.307 e. The second kappa shape index (κ2) is 5.83. The van der Waals surface area contributed by atoms with E-state index in [0.29, 0.717) is 12.3 Å². The molecule has 2 atom stereocenters. The van der Waals surface area contributed by atoms with Gasteiger partial charge in [0.05, 0.1) is 12.5 Å². The van der Waals surface area contributed by atoms with Gasteiger partial charge in [0.25, 0.3) is 0 Å². The summed E-state index contributed by atoms with van der Waals surface area (Å²) in [5.74, 6) is 0.152. The molecule has 1 fully saturated rings. The lowest BCUT2D eigenvalue weighted by atomic mass is 9.97. The molecule has 4 heteroatoms. The van der Waals surface area contributed by atoms with Crippen LogP contribution in [0.15, 0.2) is 0 Å². The predicted octanol–water partition coefficient (Wildman–Crippen LogP) is 1.42. The fraction of sp³-hybridized carbons (Fsp3) is 0.923. The van der Waals surface area contributed by atoms with E-state index in [1.54, 1.807) is 0 Å². The standard InChI is InChI=1S/C13H25NO3/c1-10-9-14(7-5-11(10)15)8-6-12(16)17-13(2,3)4/h10-11,15H,5-9H2,1-4H3. The zero-order valence-corrected chi connectivity index (χ0v) is 11.4. The fourth-order valence-corrected chi connectivity index (χ4v) is 2.06. The molecule has 1 heterocycles. The summed E-state index contributed by atoms with van der Waals surface area (Å²) in [5.41, 5.74) is -0.400. The molecule has 0 radical (unpaired) electrons. The van der Waals surface area contributed by atoms with Gasteiger partial charge in [-0.05, 0) is 33.1 Å². The van der Waals surface area contributed by atoms with Crippen molar-refractivity contribution < 1.29 is 14.6 Å². The SMILES string of the molecule is CC1CN(CCC(=O)OC(C)(C)C)CCC1O. The van der Waals surface area contributed by atoms with Gasteiger partial charge in [-0.15, -0.1) is 0 Å². The molecule has 1 aliphatic rings. The van der Waals surface area contributed by atoms with Gasteiger partial charge in [0.15, 0.2) is 0 Å². The maximum atomic E-state index is 11.5. The van der Waals surface area contributed by atoms with Crippen LogP contribution in [0.2, 0.25) is 0 Å². The second-order valence-corrected chi connectivity index (χ2v) is 5.97. The van der Waals surface area contributed by atoms with Crippen molar-refractivity contribution in [3.05, 3.63) is 0 Å². The van der Waals surface area contributed by atoms with Gasteiger partial charge in [-0.25, -0.2) is 0 Å². The Balaban J connectivity index is 2.25. The van der Waals surface area contributed by atoms with Crippen molar-refractivity contribution in [2.45, 2.75) is 52.2 Å². The van der Waals surface area contributed by atoms with Crippen LogP contribution in [0, 0.1) is 5.92 Å². The third kappa shape index (κ3) is 5.50. The van der Waals surface area contributed by atoms with E-state index in [1.165, 1.54) is 0 Å². The third-order valence-corrected chi connectivity index (χ3v) is 3.00. The number of hydrogen-bond donors (Lipinski definition) is 1. The van der Waals surface area contributed by atoms with Gasteiger partial charge >= 0.3 is 5.97 Å². The fourth-order valence-electron chi connectivity index (χ4n) is 2.06. The maximum absolute atomic E-state index is 11.5. The number of piperidine rings is 1. The van der Waals surface area contributed by atoms with Crippen LogP contribution < -0.4 is 0 Å². The zero-order valence-electron chi connectivity index (χ0n) is 11.4. The van der Waals surface area contributed by atoms with E-state index in [4.69, 9.17) is 4.74 Å². The first kappa shape index (κ1) is 14.5. The molecule has 0 bridgehead atoms. The quantitative estimate of drug-likeness (QED) is 0.762. The number of ether oxygens (including phenoxy) is 1. The third-order valence-electron chi connectivity index (χ3n) is 3.00. The Morgan fingerprint density at radius 1 is 1.47 bits per heavy atom. The highest BCUT2D eigenvalue weighted by atomic mass is 16.6. The minimum Gasteiger partial charge on any atom is -0.460 e. The van der Waals surface area contributed by atoms with E-state index in [2.05, 4.69) is 4.90 Å². The zero-order chi connectivity index (χ0) is 13.1. The molecular weight excluding hydrogens is 218 g/mol. The first-order valence-electron chi connectivity index (χ1n) is 6.40. The van der Waals surface area contributed by atoms with Crippen molar-refractivity contribution in [1.29, 1.82) is 0 Å². The monoisotopic (exact) mass is 243 g/mol. The summed E-state index contributed by atoms with van der Waals surface area (Å²) in [4.78, 5) is 13.8. The molecule has 4 nitrogen and oxygen atoms in total. The molecule has 1 saturated heterocycles. The van der Waals surface area contributed by atoms with Crippen LogP contribution in [0.5, 0.6) is 0 Å². The Hall–Kier alpha value is -0.610. The summed E-state index contributed by atoms with van der Waals surface area (Å²) in [6.45, 7) is 10.1. The lowest BCUT2D eigenvalue weighted by Crippen LogP contribution is -2.42. The van der Waals surface area contributed by atoms with Crippen molar-refractivity contribution in [2.24, 2.45) is 5.92 Å². The van der Waals surface area contributed by atoms with Crippen LogP contribution >= 0.6 is 0 Å². The molecule has 0 aliphatic carbocycles. The van der Waals surface area contributed by atoms with Gasteiger partial charge in [0, 0.05) is 19.6 Å². The average Bonchev–Trinajstić information content (AvgIpc) is 2.17. The number of esters is 1. The minimum absolute atomic E-state index is 0.142. The molecule has 0 aromatic rings. The van der Waals surface area contributed by atoms with Crippen molar-refractivity contribution >= 4 is 5.97 Å². The summed E-state index contributed by atoms with van der Waals surface area (Å²) in [5, 5.41) is 9.61. The number of likely N-dealkylation sites (tertiary alicyclic amines) is 1. The van der Waals surface area contributed by atoms with E-state index in [1.807, 2.05) is 27.7 Å². The summed E-state index contributed by atoms with van der Waals surface area (Å²) < 4.78 is 5.26. The predicted molar refractivity (Wildman–Crippen MR) is 66.7 cm³/mol. The van der Waals surface area contributed by atoms with E-state index in [9.17, 15) is 9.90 Å². The number of aliphatic hydroxyl groups is 1. The Kier molecular flexibility index (Phi) is 4.95. The molecule has 0 spiro atoms. The Labute approximate surface area is 104 Å². The van der Waals surface area contributed by atoms with Gasteiger partial charge in [0.2, 0.25) is 0 Å². The largest absolute Gasteiger partial charge is 0.460 e. The molecule has 1 rings (SSSR count). The minimum atomic E-state index is -0.400. The van der Waals surface area contributed by atoms with Gasteiger partial charge in [-0.2, -0.15) is 0 Å². The first-order chi connectivity index (χ1) is 7.78. The van der Waals surface area contributed by atoms with Gasteiger partial charge in [-0.1, -0.05) is 6.92 Å². The molecule has 0 aromatic heterocycles. The highest BCUT2D eigenvalue weighted by molar-refractivity contribution is 5.70. The Bertz CT molecular complexity index is 260. The summed E-state index contributed by atoms with van der Waals surface area (Å²) >= 11 is 0. The van der Waals surface area contributed by atoms with Crippen LogP contribution in [0.1, 0.15) is 40.5 Å². The van der Waals surface area contributed by atoms with Crippen molar-refractivity contribution in [1.82, 2.24) is 4.90 Å². The first-order valence-corrected chi connectivity index (χ1v) is 6.40. The van der Waals surface area contributed by atoms with Crippen LogP contribution in [0.4, 0.5) is 0 Å². The van der Waals surface area contributed by atoms with Gasteiger partial charge in [-0.3, -0.25) is 4.79 Å². The average molecular weight is 243 g/mol. The highest BCUT2D eigenvalue weighted by Gasteiger charge is 2.24. The van der Waals surface area contributed by atoms with E-state index >= 15 is 0 Å². The van der Waals surface area contributed by atoms with Crippen LogP contribution in [-0.4, -0.2) is 47.3 Å². The van der Waals surface area contributed by atoms with Gasteiger partial charge < -0.3 is 14.7 Å². The maximum Gasteiger partial charge on any atom is 0.307 e. The summed E-state index contributed by atoms with van der Waals surface area (Å²) in [7, 11) is 0. The van der Waals surface area contributed by atoms with E-state index in [-0.39, 0.29) is 12.1 Å². The number of carbonyl (C=O) groups excluding carboxylic acids is 1. The molecule has 100 valence electrons. The van der Waals surface area contributed by atoms with Gasteiger partial charge in [0.1, 0.15) is 5.60 Å². The topological polar surface area (TPSA) is 49.8 Å². The normalized spacial score (nSPS) is 26.9. The lowest BCUT2D eigenvalue weighted by molar-refractivity contribution is -0.155.